The van der Waals surface area contributed by atoms with Gasteiger partial charge in [-0.2, -0.15) is 0 Å². The van der Waals surface area contributed by atoms with Crippen molar-refractivity contribution in [2.45, 2.75) is 26.3 Å². The molecule has 6 heteroatoms. The molecule has 4 rings (SSSR count). The number of rotatable bonds is 7. The number of pyridine rings is 1. The lowest BCUT2D eigenvalue weighted by Gasteiger charge is -2.19. The molecular formula is C24H23N3OS2. The summed E-state index contributed by atoms with van der Waals surface area (Å²) in [5.41, 5.74) is 2.67. The van der Waals surface area contributed by atoms with E-state index in [4.69, 9.17) is 0 Å². The Morgan fingerprint density at radius 2 is 1.90 bits per heavy atom. The van der Waals surface area contributed by atoms with Crippen molar-refractivity contribution in [3.63, 3.8) is 0 Å². The molecule has 4 nitrogen and oxygen atoms in total. The van der Waals surface area contributed by atoms with E-state index in [9.17, 15) is 4.79 Å². The predicted octanol–water partition coefficient (Wildman–Crippen LogP) is 6.53. The maximum atomic E-state index is 12.8. The summed E-state index contributed by atoms with van der Waals surface area (Å²) >= 11 is 3.33. The predicted molar refractivity (Wildman–Crippen MR) is 127 cm³/mol. The third-order valence-electron chi connectivity index (χ3n) is 4.74. The maximum Gasteiger partial charge on any atom is 0.256 e. The summed E-state index contributed by atoms with van der Waals surface area (Å²) in [5.74, 6) is 0.720. The van der Waals surface area contributed by atoms with Crippen molar-refractivity contribution in [3.05, 3.63) is 98.7 Å². The zero-order valence-corrected chi connectivity index (χ0v) is 18.5. The van der Waals surface area contributed by atoms with Crippen LogP contribution in [-0.2, 0) is 6.42 Å². The Balaban J connectivity index is 1.71. The first-order chi connectivity index (χ1) is 14.6. The molecule has 30 heavy (non-hydrogen) atoms. The lowest BCUT2D eigenvalue weighted by atomic mass is 10.1. The molecule has 0 fully saturated rings. The Morgan fingerprint density at radius 3 is 2.60 bits per heavy atom. The molecule has 3 heterocycles. The summed E-state index contributed by atoms with van der Waals surface area (Å²) in [5, 5.41) is 9.68. The largest absolute Gasteiger partial charge is 0.358 e. The zero-order chi connectivity index (χ0) is 20.9. The number of anilines is 2. The van der Waals surface area contributed by atoms with E-state index in [0.717, 1.165) is 28.5 Å². The molecule has 152 valence electrons. The summed E-state index contributed by atoms with van der Waals surface area (Å²) < 4.78 is 0. The van der Waals surface area contributed by atoms with Crippen molar-refractivity contribution in [2.75, 3.05) is 10.6 Å². The van der Waals surface area contributed by atoms with Crippen LogP contribution < -0.4 is 10.6 Å². The van der Waals surface area contributed by atoms with Crippen molar-refractivity contribution in [3.8, 4) is 0 Å². The second-order valence-electron chi connectivity index (χ2n) is 6.93. The van der Waals surface area contributed by atoms with Gasteiger partial charge in [-0.25, -0.2) is 4.98 Å². The molecule has 2 N–H and O–H groups in total. The summed E-state index contributed by atoms with van der Waals surface area (Å²) in [6.07, 6.45) is 0.915. The van der Waals surface area contributed by atoms with Crippen LogP contribution in [0.3, 0.4) is 0 Å². The molecule has 4 aromatic rings. The van der Waals surface area contributed by atoms with Gasteiger partial charge in [-0.3, -0.25) is 4.79 Å². The monoisotopic (exact) mass is 433 g/mol. The Bertz CT molecular complexity index is 1120. The number of amides is 1. The van der Waals surface area contributed by atoms with Crippen molar-refractivity contribution in [1.82, 2.24) is 4.98 Å². The normalized spacial score (nSPS) is 11.8. The van der Waals surface area contributed by atoms with Gasteiger partial charge in [0.25, 0.3) is 5.91 Å². The molecule has 0 aliphatic carbocycles. The topological polar surface area (TPSA) is 54.0 Å². The Labute approximate surface area is 184 Å². The quantitative estimate of drug-likeness (QED) is 0.348. The second kappa shape index (κ2) is 9.24. The van der Waals surface area contributed by atoms with E-state index in [-0.39, 0.29) is 11.9 Å². The van der Waals surface area contributed by atoms with Gasteiger partial charge in [-0.15, -0.1) is 22.7 Å². The molecule has 1 aromatic carbocycles. The number of hydrogen-bond donors (Lipinski definition) is 2. The van der Waals surface area contributed by atoms with Crippen LogP contribution in [-0.4, -0.2) is 10.9 Å². The van der Waals surface area contributed by atoms with E-state index in [1.165, 1.54) is 9.75 Å². The number of hydrogen-bond acceptors (Lipinski definition) is 5. The molecule has 3 aromatic heterocycles. The first-order valence-corrected chi connectivity index (χ1v) is 11.6. The lowest BCUT2D eigenvalue weighted by molar-refractivity contribution is 0.102. The van der Waals surface area contributed by atoms with Gasteiger partial charge in [0.2, 0.25) is 0 Å². The van der Waals surface area contributed by atoms with Gasteiger partial charge in [0.15, 0.2) is 0 Å². The smallest absolute Gasteiger partial charge is 0.256 e. The van der Waals surface area contributed by atoms with Gasteiger partial charge < -0.3 is 10.6 Å². The number of carbonyl (C=O) groups excluding carboxylic acids is 1. The highest BCUT2D eigenvalue weighted by Crippen LogP contribution is 2.39. The molecule has 0 aliphatic rings. The molecule has 0 radical (unpaired) electrons. The standard InChI is InChI=1S/C24H23N3OS2/c1-3-18-15-19(24(30-18)27-23(28)17-10-5-4-6-11-17)22(20-12-8-14-29-20)26-21-13-7-9-16(2)25-21/h4-15,22H,3H2,1-2H3,(H,25,26)(H,27,28)/t22-/m1/s1. The number of nitrogens with zero attached hydrogens (tertiary/aromatic N) is 1. The van der Waals surface area contributed by atoms with E-state index in [1.54, 1.807) is 22.7 Å². The molecular weight excluding hydrogens is 410 g/mol. The fourth-order valence-electron chi connectivity index (χ4n) is 3.24. The summed E-state index contributed by atoms with van der Waals surface area (Å²) in [4.78, 5) is 19.9. The van der Waals surface area contributed by atoms with Gasteiger partial charge in [0, 0.05) is 26.6 Å². The number of aryl methyl sites for hydroxylation is 2. The highest BCUT2D eigenvalue weighted by atomic mass is 32.1. The van der Waals surface area contributed by atoms with Crippen molar-refractivity contribution < 1.29 is 4.79 Å². The van der Waals surface area contributed by atoms with Crippen molar-refractivity contribution >= 4 is 39.4 Å². The summed E-state index contributed by atoms with van der Waals surface area (Å²) in [7, 11) is 0. The number of nitrogens with one attached hydrogen (secondary N) is 2. The first kappa shape index (κ1) is 20.3. The Kier molecular flexibility index (Phi) is 6.26. The minimum Gasteiger partial charge on any atom is -0.358 e. The minimum atomic E-state index is -0.0973. The van der Waals surface area contributed by atoms with Crippen LogP contribution in [0.15, 0.2) is 72.1 Å². The average molecular weight is 434 g/mol. The van der Waals surface area contributed by atoms with Crippen LogP contribution in [0.2, 0.25) is 0 Å². The molecule has 0 spiro atoms. The van der Waals surface area contributed by atoms with Crippen molar-refractivity contribution in [2.24, 2.45) is 0 Å². The second-order valence-corrected chi connectivity index (χ2v) is 9.04. The highest BCUT2D eigenvalue weighted by molar-refractivity contribution is 7.16. The lowest BCUT2D eigenvalue weighted by Crippen LogP contribution is -2.16. The molecule has 1 atom stereocenters. The molecule has 0 unspecified atom stereocenters. The number of aromatic nitrogens is 1. The fraction of sp³-hybridized carbons (Fsp3) is 0.167. The van der Waals surface area contributed by atoms with E-state index in [1.807, 2.05) is 61.5 Å². The van der Waals surface area contributed by atoms with Crippen LogP contribution in [0.25, 0.3) is 0 Å². The molecule has 0 bridgehead atoms. The van der Waals surface area contributed by atoms with Crippen LogP contribution in [0, 0.1) is 6.92 Å². The van der Waals surface area contributed by atoms with E-state index in [2.05, 4.69) is 40.1 Å². The number of carbonyl (C=O) groups is 1. The van der Waals surface area contributed by atoms with Gasteiger partial charge in [-0.05, 0) is 55.1 Å². The van der Waals surface area contributed by atoms with Gasteiger partial charge >= 0.3 is 0 Å². The van der Waals surface area contributed by atoms with Crippen molar-refractivity contribution in [1.29, 1.82) is 0 Å². The molecule has 0 saturated carbocycles. The number of thiophene rings is 2. The summed E-state index contributed by atoms with van der Waals surface area (Å²) in [6, 6.07) is 21.5. The SMILES string of the molecule is CCc1cc([C@@H](Nc2cccc(C)n2)c2cccs2)c(NC(=O)c2ccccc2)s1. The molecule has 1 amide bonds. The number of benzene rings is 1. The van der Waals surface area contributed by atoms with Crippen LogP contribution in [0.4, 0.5) is 10.8 Å². The third-order valence-corrected chi connectivity index (χ3v) is 6.89. The molecule has 0 saturated heterocycles. The zero-order valence-electron chi connectivity index (χ0n) is 16.9. The van der Waals surface area contributed by atoms with Gasteiger partial charge in [-0.1, -0.05) is 37.3 Å². The third kappa shape index (κ3) is 4.61. The van der Waals surface area contributed by atoms with Crippen LogP contribution in [0.5, 0.6) is 0 Å². The highest BCUT2D eigenvalue weighted by Gasteiger charge is 2.23. The Morgan fingerprint density at radius 1 is 1.07 bits per heavy atom. The van der Waals surface area contributed by atoms with E-state index >= 15 is 0 Å². The van der Waals surface area contributed by atoms with E-state index < -0.39 is 0 Å². The molecule has 0 aliphatic heterocycles. The van der Waals surface area contributed by atoms with Crippen LogP contribution in [0.1, 0.15) is 44.3 Å². The van der Waals surface area contributed by atoms with Gasteiger partial charge in [0.1, 0.15) is 10.8 Å². The Hall–Kier alpha value is -2.96. The fourth-order valence-corrected chi connectivity index (χ4v) is 5.06. The average Bonchev–Trinajstić information content (AvgIpc) is 3.43. The first-order valence-electron chi connectivity index (χ1n) is 9.86. The van der Waals surface area contributed by atoms with Crippen LogP contribution >= 0.6 is 22.7 Å². The summed E-state index contributed by atoms with van der Waals surface area (Å²) in [6.45, 7) is 4.12. The van der Waals surface area contributed by atoms with Gasteiger partial charge in [0.05, 0.1) is 6.04 Å². The maximum absolute atomic E-state index is 12.8. The minimum absolute atomic E-state index is 0.0954. The van der Waals surface area contributed by atoms with E-state index in [0.29, 0.717) is 5.56 Å².